The third-order valence-corrected chi connectivity index (χ3v) is 5.15. The molecule has 0 aliphatic carbocycles. The summed E-state index contributed by atoms with van der Waals surface area (Å²) in [7, 11) is 0. The molecule has 1 aromatic heterocycles. The van der Waals surface area contributed by atoms with Gasteiger partial charge in [-0.25, -0.2) is 4.42 Å². The Bertz CT molecular complexity index is 1150. The lowest BCUT2D eigenvalue weighted by molar-refractivity contribution is -0.277. The van der Waals surface area contributed by atoms with Crippen molar-refractivity contribution < 1.29 is 67.2 Å². The minimum Gasteiger partial charge on any atom is -1.00 e. The van der Waals surface area contributed by atoms with Crippen LogP contribution in [0, 0.1) is 0 Å². The number of aliphatic hydroxyl groups excluding tert-OH is 4. The minimum absolute atomic E-state index is 0. The van der Waals surface area contributed by atoms with Crippen LogP contribution < -0.4 is 17.1 Å². The van der Waals surface area contributed by atoms with Crippen molar-refractivity contribution in [3.8, 4) is 40.1 Å². The van der Waals surface area contributed by atoms with Gasteiger partial charge in [-0.1, -0.05) is 0 Å². The number of hydrogen-bond acceptors (Lipinski definition) is 10. The van der Waals surface area contributed by atoms with Gasteiger partial charge in [-0.2, -0.15) is 0 Å². The summed E-state index contributed by atoms with van der Waals surface area (Å²) in [6, 6.07) is 7.37. The van der Waals surface area contributed by atoms with E-state index < -0.39 is 43.1 Å². The zero-order chi connectivity index (χ0) is 23.2. The van der Waals surface area contributed by atoms with Crippen molar-refractivity contribution in [3.63, 3.8) is 0 Å². The maximum absolute atomic E-state index is 10.3. The van der Waals surface area contributed by atoms with Crippen molar-refractivity contribution in [2.45, 2.75) is 30.7 Å². The second-order valence-corrected chi connectivity index (χ2v) is 7.34. The molecule has 11 nitrogen and oxygen atoms in total. The Morgan fingerprint density at radius 3 is 2.24 bits per heavy atom. The highest BCUT2D eigenvalue weighted by Crippen LogP contribution is 2.42. The van der Waals surface area contributed by atoms with E-state index in [-0.39, 0.29) is 57.7 Å². The summed E-state index contributed by atoms with van der Waals surface area (Å²) in [5.74, 6) is -1.64. The molecule has 1 fully saturated rings. The molecular weight excluding hydrogens is 464 g/mol. The molecule has 33 heavy (non-hydrogen) atoms. The van der Waals surface area contributed by atoms with Crippen LogP contribution in [0.25, 0.3) is 22.3 Å². The zero-order valence-electron chi connectivity index (χ0n) is 16.7. The molecule has 0 spiro atoms. The first kappa shape index (κ1) is 24.6. The van der Waals surface area contributed by atoms with Gasteiger partial charge in [-0.3, -0.25) is 0 Å². The molecule has 0 bridgehead atoms. The highest BCUT2D eigenvalue weighted by molar-refractivity contribution is 5.88. The van der Waals surface area contributed by atoms with E-state index in [0.717, 1.165) is 6.07 Å². The zero-order valence-corrected chi connectivity index (χ0v) is 17.5. The molecule has 8 N–H and O–H groups in total. The van der Waals surface area contributed by atoms with Gasteiger partial charge in [0.05, 0.1) is 18.2 Å². The van der Waals surface area contributed by atoms with Gasteiger partial charge in [0, 0.05) is 18.2 Å². The van der Waals surface area contributed by atoms with Crippen LogP contribution in [-0.4, -0.2) is 78.2 Å². The summed E-state index contributed by atoms with van der Waals surface area (Å²) in [5.41, 5.74) is 0.260. The summed E-state index contributed by atoms with van der Waals surface area (Å²) in [4.78, 5) is 0. The van der Waals surface area contributed by atoms with Crippen LogP contribution in [-0.2, 0) is 4.74 Å². The standard InChI is InChI=1S/C21H20O11.ClH/c22-7-16-17(27)18(28)19(29)21(32-16)31-15-6-10-12(25)4-9(23)5-14(10)30-20(15)8-1-2-11(24)13(26)3-8;/h1-6,16-19,21-22,27-29H,7H2,(H3-,23,24,25,26);1H/t16?,17-,18-,19?,21+;/m0./s1. The molecule has 3 aromatic rings. The van der Waals surface area contributed by atoms with Crippen molar-refractivity contribution in [3.05, 3.63) is 36.4 Å². The van der Waals surface area contributed by atoms with E-state index in [2.05, 4.69) is 0 Å². The number of fused-ring (bicyclic) bond motifs is 1. The molecular formula is C21H21ClO11. The second kappa shape index (κ2) is 9.43. The lowest BCUT2D eigenvalue weighted by Gasteiger charge is -2.39. The van der Waals surface area contributed by atoms with Crippen LogP contribution in [0.5, 0.6) is 28.7 Å². The Kier molecular flexibility index (Phi) is 7.03. The van der Waals surface area contributed by atoms with Crippen molar-refractivity contribution in [2.24, 2.45) is 0 Å². The summed E-state index contributed by atoms with van der Waals surface area (Å²) in [5, 5.41) is 79.2. The minimum atomic E-state index is -1.71. The molecule has 178 valence electrons. The van der Waals surface area contributed by atoms with Gasteiger partial charge in [0.15, 0.2) is 11.5 Å². The quantitative estimate of drug-likeness (QED) is 0.143. The SMILES string of the molecule is OCC1O[C@@H](Oc2cc3c(O)cc(O)cc3[o+]c2-c2ccc(O)c(O)c2)C(O)[C@@H](O)[C@H]1O.[Cl-]. The van der Waals surface area contributed by atoms with Gasteiger partial charge in [0.2, 0.25) is 12.0 Å². The summed E-state index contributed by atoms with van der Waals surface area (Å²) in [6.45, 7) is -0.661. The number of phenols is 4. The van der Waals surface area contributed by atoms with Crippen LogP contribution in [0.1, 0.15) is 0 Å². The van der Waals surface area contributed by atoms with Gasteiger partial charge in [-0.05, 0) is 12.1 Å². The summed E-state index contributed by atoms with van der Waals surface area (Å²) >= 11 is 0. The maximum atomic E-state index is 10.3. The molecule has 2 heterocycles. The Hall–Kier alpha value is -3.06. The number of aliphatic hydroxyl groups is 4. The van der Waals surface area contributed by atoms with Crippen LogP contribution in [0.4, 0.5) is 0 Å². The Morgan fingerprint density at radius 2 is 1.58 bits per heavy atom. The topological polar surface area (TPSA) is 192 Å². The lowest BCUT2D eigenvalue weighted by atomic mass is 9.99. The first-order valence-corrected chi connectivity index (χ1v) is 9.52. The number of hydrogen-bond donors (Lipinski definition) is 8. The molecule has 4 rings (SSSR count). The first-order valence-electron chi connectivity index (χ1n) is 9.52. The van der Waals surface area contributed by atoms with Crippen molar-refractivity contribution in [1.29, 1.82) is 0 Å². The predicted octanol–water partition coefficient (Wildman–Crippen LogP) is -2.61. The van der Waals surface area contributed by atoms with Gasteiger partial charge in [0.25, 0.3) is 0 Å². The van der Waals surface area contributed by atoms with Crippen molar-refractivity contribution >= 4 is 11.0 Å². The number of ether oxygens (including phenoxy) is 2. The molecule has 0 saturated carbocycles. The van der Waals surface area contributed by atoms with E-state index in [0.29, 0.717) is 0 Å². The summed E-state index contributed by atoms with van der Waals surface area (Å²) < 4.78 is 16.8. The van der Waals surface area contributed by atoms with E-state index in [1.54, 1.807) is 0 Å². The van der Waals surface area contributed by atoms with E-state index in [1.165, 1.54) is 30.3 Å². The first-order chi connectivity index (χ1) is 15.2. The normalized spacial score (nSPS) is 24.9. The second-order valence-electron chi connectivity index (χ2n) is 7.34. The fourth-order valence-corrected chi connectivity index (χ4v) is 3.43. The largest absolute Gasteiger partial charge is 1.00 e. The van der Waals surface area contributed by atoms with E-state index >= 15 is 0 Å². The molecule has 0 radical (unpaired) electrons. The molecule has 2 unspecified atom stereocenters. The Morgan fingerprint density at radius 1 is 0.848 bits per heavy atom. The fraction of sp³-hybridized carbons (Fsp3) is 0.286. The Labute approximate surface area is 192 Å². The highest BCUT2D eigenvalue weighted by atomic mass is 35.5. The number of aromatic hydroxyl groups is 4. The third-order valence-electron chi connectivity index (χ3n) is 5.15. The van der Waals surface area contributed by atoms with Crippen LogP contribution in [0.15, 0.2) is 40.8 Å². The number of phenolic OH excluding ortho intramolecular Hbond substituents is 4. The maximum Gasteiger partial charge on any atom is 0.402 e. The molecule has 0 amide bonds. The van der Waals surface area contributed by atoms with E-state index in [9.17, 15) is 40.9 Å². The monoisotopic (exact) mass is 484 g/mol. The fourth-order valence-electron chi connectivity index (χ4n) is 3.43. The van der Waals surface area contributed by atoms with Gasteiger partial charge in [-0.15, -0.1) is 0 Å². The molecule has 2 aromatic carbocycles. The van der Waals surface area contributed by atoms with Crippen molar-refractivity contribution in [1.82, 2.24) is 0 Å². The average Bonchev–Trinajstić information content (AvgIpc) is 2.76. The average molecular weight is 485 g/mol. The van der Waals surface area contributed by atoms with Crippen LogP contribution in [0.2, 0.25) is 0 Å². The van der Waals surface area contributed by atoms with Crippen LogP contribution in [0.3, 0.4) is 0 Å². The molecule has 5 atom stereocenters. The molecule has 1 saturated heterocycles. The number of rotatable bonds is 4. The van der Waals surface area contributed by atoms with Gasteiger partial charge >= 0.3 is 11.3 Å². The smallest absolute Gasteiger partial charge is 0.402 e. The number of benzene rings is 2. The highest BCUT2D eigenvalue weighted by Gasteiger charge is 2.45. The molecule has 1 aliphatic heterocycles. The van der Waals surface area contributed by atoms with Crippen molar-refractivity contribution in [2.75, 3.05) is 6.61 Å². The van der Waals surface area contributed by atoms with Crippen LogP contribution >= 0.6 is 0 Å². The van der Waals surface area contributed by atoms with E-state index in [4.69, 9.17) is 13.9 Å². The molecule has 1 aliphatic rings. The predicted molar refractivity (Wildman–Crippen MR) is 107 cm³/mol. The molecule has 12 heteroatoms. The third kappa shape index (κ3) is 4.55. The number of halogens is 1. The van der Waals surface area contributed by atoms with Gasteiger partial charge in [0.1, 0.15) is 41.3 Å². The lowest BCUT2D eigenvalue weighted by Crippen LogP contribution is -3.00. The van der Waals surface area contributed by atoms with E-state index in [1.807, 2.05) is 0 Å². The van der Waals surface area contributed by atoms with Gasteiger partial charge < -0.3 is 62.7 Å². The summed E-state index contributed by atoms with van der Waals surface area (Å²) in [6.07, 6.45) is -7.76. The Balaban J connectivity index is 0.00000306.